The molecule has 0 amide bonds. The largest absolute Gasteiger partial charge is 0.509 e. The molecule has 0 atom stereocenters. The van der Waals surface area contributed by atoms with Gasteiger partial charge in [0, 0.05) is 0 Å². The summed E-state index contributed by atoms with van der Waals surface area (Å²) in [6.07, 6.45) is 1.34. The Morgan fingerprint density at radius 2 is 1.00 bits per heavy atom. The quantitative estimate of drug-likeness (QED) is 0.406. The molecule has 4 nitrogen and oxygen atoms in total. The number of carbonyl (C=O) groups is 2. The van der Waals surface area contributed by atoms with Gasteiger partial charge in [-0.1, -0.05) is 0 Å². The molecular formula is C10H16O4. The summed E-state index contributed by atoms with van der Waals surface area (Å²) in [7, 11) is 0. The zero-order valence-electron chi connectivity index (χ0n) is 8.87. The molecule has 0 rings (SSSR count). The molecule has 0 aliphatic rings. The Hall–Kier alpha value is -1.58. The van der Waals surface area contributed by atoms with Crippen LogP contribution in [-0.4, -0.2) is 22.8 Å². The number of aliphatic hydroxyl groups is 2. The maximum atomic E-state index is 9.89. The molecular weight excluding hydrogens is 184 g/mol. The molecule has 0 aromatic heterocycles. The average molecular weight is 200 g/mol. The number of carbonyl (C=O) groups excluding carboxylic acids is 2. The van der Waals surface area contributed by atoms with Gasteiger partial charge in [0.25, 0.3) is 0 Å². The van der Waals surface area contributed by atoms with Crippen LogP contribution in [0.3, 0.4) is 0 Å². The van der Waals surface area contributed by atoms with Crippen LogP contribution < -0.4 is 0 Å². The van der Waals surface area contributed by atoms with Crippen LogP contribution in [0.5, 0.6) is 0 Å². The van der Waals surface area contributed by atoms with Crippen molar-refractivity contribution >= 4 is 12.6 Å². The van der Waals surface area contributed by atoms with Crippen LogP contribution >= 0.6 is 0 Å². The monoisotopic (exact) mass is 200 g/mol. The summed E-state index contributed by atoms with van der Waals surface area (Å²) in [4.78, 5) is 19.8. The molecule has 0 saturated heterocycles. The summed E-state index contributed by atoms with van der Waals surface area (Å²) >= 11 is 0. The number of hydrogen-bond donors (Lipinski definition) is 2. The summed E-state index contributed by atoms with van der Waals surface area (Å²) < 4.78 is 0. The second-order valence-corrected chi connectivity index (χ2v) is 2.77. The van der Waals surface area contributed by atoms with E-state index in [0.29, 0.717) is 23.7 Å². The number of allylic oxidation sites excluding steroid dienone is 4. The maximum Gasteiger partial charge on any atom is 0.146 e. The van der Waals surface area contributed by atoms with E-state index in [-0.39, 0.29) is 11.5 Å². The van der Waals surface area contributed by atoms with Gasteiger partial charge in [0.1, 0.15) is 24.1 Å². The van der Waals surface area contributed by atoms with E-state index in [1.807, 2.05) is 0 Å². The van der Waals surface area contributed by atoms with E-state index in [9.17, 15) is 9.59 Å². The van der Waals surface area contributed by atoms with Crippen LogP contribution in [0.25, 0.3) is 0 Å². The number of aliphatic hydroxyl groups excluding tert-OH is 2. The predicted octanol–water partition coefficient (Wildman–Crippen LogP) is 2.07. The molecule has 80 valence electrons. The highest BCUT2D eigenvalue weighted by molar-refractivity contribution is 5.85. The van der Waals surface area contributed by atoms with Crippen molar-refractivity contribution in [2.45, 2.75) is 27.7 Å². The summed E-state index contributed by atoms with van der Waals surface area (Å²) in [6.45, 7) is 6.07. The minimum atomic E-state index is -0.0185. The van der Waals surface area contributed by atoms with E-state index < -0.39 is 0 Å². The SMILES string of the molecule is C/C(C=O)=C(\C)C=O.C/C(O)=C(\C)O. The second kappa shape index (κ2) is 8.04. The van der Waals surface area contributed by atoms with Gasteiger partial charge in [-0.15, -0.1) is 0 Å². The Labute approximate surface area is 83.6 Å². The number of rotatable bonds is 2. The normalized spacial score (nSPS) is 12.9. The first kappa shape index (κ1) is 14.9. The highest BCUT2D eigenvalue weighted by atomic mass is 16.3. The molecule has 0 bridgehead atoms. The maximum absolute atomic E-state index is 9.89. The van der Waals surface area contributed by atoms with Crippen molar-refractivity contribution < 1.29 is 19.8 Å². The van der Waals surface area contributed by atoms with Crippen molar-refractivity contribution in [1.82, 2.24) is 0 Å². The van der Waals surface area contributed by atoms with E-state index in [0.717, 1.165) is 0 Å². The lowest BCUT2D eigenvalue weighted by atomic mass is 10.2. The van der Waals surface area contributed by atoms with E-state index in [1.54, 1.807) is 13.8 Å². The van der Waals surface area contributed by atoms with Gasteiger partial charge in [0.05, 0.1) is 0 Å². The van der Waals surface area contributed by atoms with Crippen molar-refractivity contribution in [3.05, 3.63) is 22.7 Å². The summed E-state index contributed by atoms with van der Waals surface area (Å²) in [5, 5.41) is 16.5. The first-order valence-electron chi connectivity index (χ1n) is 4.00. The zero-order valence-corrected chi connectivity index (χ0v) is 8.87. The summed E-state index contributed by atoms with van der Waals surface area (Å²) in [6, 6.07) is 0. The first-order chi connectivity index (χ1) is 6.36. The highest BCUT2D eigenvalue weighted by Gasteiger charge is 1.89. The minimum absolute atomic E-state index is 0.0185. The van der Waals surface area contributed by atoms with Crippen LogP contribution in [0, 0.1) is 0 Å². The number of aldehydes is 2. The Kier molecular flexibility index (Phi) is 8.57. The lowest BCUT2D eigenvalue weighted by molar-refractivity contribution is -0.107. The molecule has 0 aromatic rings. The molecule has 0 aliphatic carbocycles. The lowest BCUT2D eigenvalue weighted by Crippen LogP contribution is -1.84. The van der Waals surface area contributed by atoms with Crippen molar-refractivity contribution in [3.63, 3.8) is 0 Å². The predicted molar refractivity (Wildman–Crippen MR) is 54.1 cm³/mol. The lowest BCUT2D eigenvalue weighted by Gasteiger charge is -1.86. The molecule has 0 unspecified atom stereocenters. The van der Waals surface area contributed by atoms with Gasteiger partial charge in [-0.05, 0) is 38.8 Å². The van der Waals surface area contributed by atoms with E-state index in [2.05, 4.69) is 0 Å². The molecule has 0 radical (unpaired) electrons. The van der Waals surface area contributed by atoms with Gasteiger partial charge in [-0.25, -0.2) is 0 Å². The van der Waals surface area contributed by atoms with Gasteiger partial charge in [-0.2, -0.15) is 0 Å². The van der Waals surface area contributed by atoms with Crippen molar-refractivity contribution in [1.29, 1.82) is 0 Å². The smallest absolute Gasteiger partial charge is 0.146 e. The third kappa shape index (κ3) is 8.52. The molecule has 0 fully saturated rings. The average Bonchev–Trinajstić information content (AvgIpc) is 2.16. The number of hydrogen-bond acceptors (Lipinski definition) is 4. The minimum Gasteiger partial charge on any atom is -0.509 e. The first-order valence-corrected chi connectivity index (χ1v) is 4.00. The van der Waals surface area contributed by atoms with Gasteiger partial charge >= 0.3 is 0 Å². The molecule has 2 N–H and O–H groups in total. The molecule has 0 aliphatic heterocycles. The van der Waals surface area contributed by atoms with Gasteiger partial charge in [0.2, 0.25) is 0 Å². The summed E-state index contributed by atoms with van der Waals surface area (Å²) in [5.41, 5.74) is 1.00. The fraction of sp³-hybridized carbons (Fsp3) is 0.400. The zero-order chi connectivity index (χ0) is 11.7. The molecule has 0 heterocycles. The van der Waals surface area contributed by atoms with Crippen molar-refractivity contribution in [2.24, 2.45) is 0 Å². The molecule has 0 saturated carbocycles. The van der Waals surface area contributed by atoms with Gasteiger partial charge < -0.3 is 10.2 Å². The van der Waals surface area contributed by atoms with Gasteiger partial charge in [-0.3, -0.25) is 9.59 Å². The van der Waals surface area contributed by atoms with E-state index in [4.69, 9.17) is 10.2 Å². The van der Waals surface area contributed by atoms with Crippen LogP contribution in [-0.2, 0) is 9.59 Å². The Morgan fingerprint density at radius 3 is 1.07 bits per heavy atom. The third-order valence-electron chi connectivity index (χ3n) is 1.50. The molecule has 0 spiro atoms. The van der Waals surface area contributed by atoms with Crippen LogP contribution in [0.2, 0.25) is 0 Å². The van der Waals surface area contributed by atoms with Crippen LogP contribution in [0.4, 0.5) is 0 Å². The molecule has 0 aromatic carbocycles. The van der Waals surface area contributed by atoms with Gasteiger partial charge in [0.15, 0.2) is 0 Å². The van der Waals surface area contributed by atoms with Crippen LogP contribution in [0.15, 0.2) is 22.7 Å². The third-order valence-corrected chi connectivity index (χ3v) is 1.50. The fourth-order valence-electron chi connectivity index (χ4n) is 0.186. The Balaban J connectivity index is 0. The summed E-state index contributed by atoms with van der Waals surface area (Å²) in [5.74, 6) is -0.0370. The molecule has 4 heteroatoms. The Bertz CT molecular complexity index is 227. The molecule has 14 heavy (non-hydrogen) atoms. The van der Waals surface area contributed by atoms with E-state index >= 15 is 0 Å². The van der Waals surface area contributed by atoms with Crippen LogP contribution in [0.1, 0.15) is 27.7 Å². The van der Waals surface area contributed by atoms with Crippen molar-refractivity contribution in [2.75, 3.05) is 0 Å². The Morgan fingerprint density at radius 1 is 0.786 bits per heavy atom. The highest BCUT2D eigenvalue weighted by Crippen LogP contribution is 1.93. The fourth-order valence-corrected chi connectivity index (χ4v) is 0.186. The van der Waals surface area contributed by atoms with Crippen molar-refractivity contribution in [3.8, 4) is 0 Å². The van der Waals surface area contributed by atoms with E-state index in [1.165, 1.54) is 13.8 Å². The standard InChI is InChI=1S/C6H8O2.C4H8O2/c1-5(3-7)6(2)4-8;1-3(5)4(2)6/h3-4H,1-2H3;5-6H,1-2H3/b6-5-;4-3-. The second-order valence-electron chi connectivity index (χ2n) is 2.77. The topological polar surface area (TPSA) is 74.6 Å².